The molecule has 0 radical (unpaired) electrons. The molecule has 0 aromatic carbocycles. The predicted octanol–water partition coefficient (Wildman–Crippen LogP) is 0.251. The summed E-state index contributed by atoms with van der Waals surface area (Å²) in [4.78, 5) is 19.3. The molecule has 3 N–H and O–H groups in total. The van der Waals surface area contributed by atoms with Crippen LogP contribution in [0.15, 0.2) is 6.33 Å². The molecule has 2 rings (SSSR count). The zero-order valence-electron chi connectivity index (χ0n) is 8.66. The molecule has 80 valence electrons. The zero-order chi connectivity index (χ0) is 10.8. The lowest BCUT2D eigenvalue weighted by Gasteiger charge is -2.13. The smallest absolute Gasteiger partial charge is 0.239 e. The fourth-order valence-corrected chi connectivity index (χ4v) is 1.76. The van der Waals surface area contributed by atoms with Gasteiger partial charge in [0.05, 0.1) is 0 Å². The third-order valence-corrected chi connectivity index (χ3v) is 2.65. The van der Waals surface area contributed by atoms with Crippen LogP contribution in [0.4, 0.5) is 5.82 Å². The number of aromatic nitrogens is 2. The van der Waals surface area contributed by atoms with E-state index in [-0.39, 0.29) is 5.91 Å². The lowest BCUT2D eigenvalue weighted by atomic mass is 10.2. The Morgan fingerprint density at radius 2 is 2.33 bits per heavy atom. The summed E-state index contributed by atoms with van der Waals surface area (Å²) >= 11 is 0. The van der Waals surface area contributed by atoms with Crippen molar-refractivity contribution in [1.82, 2.24) is 9.97 Å². The second kappa shape index (κ2) is 3.84. The van der Waals surface area contributed by atoms with E-state index in [0.29, 0.717) is 0 Å². The highest BCUT2D eigenvalue weighted by atomic mass is 16.1. The maximum atomic E-state index is 10.9. The van der Waals surface area contributed by atoms with Gasteiger partial charge in [0.1, 0.15) is 18.2 Å². The van der Waals surface area contributed by atoms with E-state index in [0.717, 1.165) is 36.3 Å². The first-order valence-corrected chi connectivity index (χ1v) is 5.07. The summed E-state index contributed by atoms with van der Waals surface area (Å²) in [6.45, 7) is 1.73. The summed E-state index contributed by atoms with van der Waals surface area (Å²) in [5.74, 6) is 0.379. The van der Waals surface area contributed by atoms with Crippen molar-refractivity contribution in [1.29, 1.82) is 0 Å². The van der Waals surface area contributed by atoms with Crippen molar-refractivity contribution in [3.8, 4) is 0 Å². The molecule has 15 heavy (non-hydrogen) atoms. The molecule has 0 saturated heterocycles. The summed E-state index contributed by atoms with van der Waals surface area (Å²) in [7, 11) is 0. The Morgan fingerprint density at radius 1 is 1.53 bits per heavy atom. The molecule has 1 unspecified atom stereocenters. The van der Waals surface area contributed by atoms with E-state index in [1.165, 1.54) is 6.33 Å². The van der Waals surface area contributed by atoms with Crippen LogP contribution in [0.25, 0.3) is 0 Å². The van der Waals surface area contributed by atoms with Crippen molar-refractivity contribution >= 4 is 11.7 Å². The molecule has 5 nitrogen and oxygen atoms in total. The molecule has 0 aliphatic heterocycles. The van der Waals surface area contributed by atoms with Crippen LogP contribution in [-0.2, 0) is 17.6 Å². The van der Waals surface area contributed by atoms with Gasteiger partial charge in [-0.3, -0.25) is 4.79 Å². The Balaban J connectivity index is 2.22. The van der Waals surface area contributed by atoms with Gasteiger partial charge in [-0.25, -0.2) is 9.97 Å². The van der Waals surface area contributed by atoms with Gasteiger partial charge in [-0.2, -0.15) is 0 Å². The molecule has 0 saturated carbocycles. The summed E-state index contributed by atoms with van der Waals surface area (Å²) < 4.78 is 0. The number of nitrogens with one attached hydrogen (secondary N) is 1. The molecule has 1 heterocycles. The van der Waals surface area contributed by atoms with Gasteiger partial charge < -0.3 is 11.1 Å². The molecular weight excluding hydrogens is 192 g/mol. The summed E-state index contributed by atoms with van der Waals surface area (Å²) in [6.07, 6.45) is 4.61. The molecule has 0 spiro atoms. The number of hydrogen-bond donors (Lipinski definition) is 2. The number of nitrogens with zero attached hydrogens (tertiary/aromatic N) is 2. The van der Waals surface area contributed by atoms with Gasteiger partial charge in [0.25, 0.3) is 0 Å². The largest absolute Gasteiger partial charge is 0.368 e. The second-order valence-corrected chi connectivity index (χ2v) is 3.77. The number of amides is 1. The van der Waals surface area contributed by atoms with Crippen LogP contribution in [0.3, 0.4) is 0 Å². The summed E-state index contributed by atoms with van der Waals surface area (Å²) in [6, 6.07) is -0.399. The lowest BCUT2D eigenvalue weighted by Crippen LogP contribution is -2.33. The number of anilines is 1. The number of hydrogen-bond acceptors (Lipinski definition) is 4. The van der Waals surface area contributed by atoms with E-state index in [4.69, 9.17) is 5.73 Å². The SMILES string of the molecule is CC(Nc1ncnc2c1CCC2)C(N)=O. The standard InChI is InChI=1S/C10H14N4O/c1-6(9(11)15)14-10-7-3-2-4-8(7)12-5-13-10/h5-6H,2-4H2,1H3,(H2,11,15)(H,12,13,14). The van der Waals surface area contributed by atoms with E-state index < -0.39 is 6.04 Å². The van der Waals surface area contributed by atoms with E-state index >= 15 is 0 Å². The summed E-state index contributed by atoms with van der Waals surface area (Å²) in [5.41, 5.74) is 7.40. The monoisotopic (exact) mass is 206 g/mol. The predicted molar refractivity (Wildman–Crippen MR) is 56.3 cm³/mol. The number of aryl methyl sites for hydroxylation is 1. The van der Waals surface area contributed by atoms with Crippen LogP contribution < -0.4 is 11.1 Å². The highest BCUT2D eigenvalue weighted by Gasteiger charge is 2.19. The maximum Gasteiger partial charge on any atom is 0.239 e. The van der Waals surface area contributed by atoms with Crippen LogP contribution in [0.5, 0.6) is 0 Å². The van der Waals surface area contributed by atoms with Gasteiger partial charge in [-0.1, -0.05) is 0 Å². The Labute approximate surface area is 88.1 Å². The van der Waals surface area contributed by atoms with Crippen LogP contribution >= 0.6 is 0 Å². The second-order valence-electron chi connectivity index (χ2n) is 3.77. The third-order valence-electron chi connectivity index (χ3n) is 2.65. The molecule has 0 bridgehead atoms. The zero-order valence-corrected chi connectivity index (χ0v) is 8.66. The fraction of sp³-hybridized carbons (Fsp3) is 0.500. The van der Waals surface area contributed by atoms with Crippen molar-refractivity contribution in [2.45, 2.75) is 32.2 Å². The van der Waals surface area contributed by atoms with Crippen molar-refractivity contribution in [2.24, 2.45) is 5.73 Å². The van der Waals surface area contributed by atoms with E-state index in [2.05, 4.69) is 15.3 Å². The van der Waals surface area contributed by atoms with Gasteiger partial charge in [0.2, 0.25) is 5.91 Å². The molecule has 1 amide bonds. The molecular formula is C10H14N4O. The Kier molecular flexibility index (Phi) is 2.53. The molecule has 1 aliphatic carbocycles. The highest BCUT2D eigenvalue weighted by molar-refractivity contribution is 5.82. The van der Waals surface area contributed by atoms with Gasteiger partial charge >= 0.3 is 0 Å². The van der Waals surface area contributed by atoms with Crippen LogP contribution in [0.2, 0.25) is 0 Å². The first-order valence-electron chi connectivity index (χ1n) is 5.07. The van der Waals surface area contributed by atoms with Crippen molar-refractivity contribution < 1.29 is 4.79 Å². The Morgan fingerprint density at radius 3 is 3.07 bits per heavy atom. The van der Waals surface area contributed by atoms with Crippen LogP contribution in [0.1, 0.15) is 24.6 Å². The molecule has 1 aliphatic rings. The minimum absolute atomic E-state index is 0.375. The van der Waals surface area contributed by atoms with Crippen LogP contribution in [0, 0.1) is 0 Å². The average Bonchev–Trinajstić information content (AvgIpc) is 2.66. The number of fused-ring (bicyclic) bond motifs is 1. The van der Waals surface area contributed by atoms with Crippen LogP contribution in [-0.4, -0.2) is 21.9 Å². The normalized spacial score (nSPS) is 15.8. The molecule has 1 aromatic heterocycles. The lowest BCUT2D eigenvalue weighted by molar-refractivity contribution is -0.118. The first-order chi connectivity index (χ1) is 7.18. The van der Waals surface area contributed by atoms with Crippen molar-refractivity contribution in [3.05, 3.63) is 17.6 Å². The summed E-state index contributed by atoms with van der Waals surface area (Å²) in [5, 5.41) is 3.02. The van der Waals surface area contributed by atoms with E-state index in [1.54, 1.807) is 6.92 Å². The molecule has 1 atom stereocenters. The van der Waals surface area contributed by atoms with Gasteiger partial charge in [-0.05, 0) is 26.2 Å². The van der Waals surface area contributed by atoms with Crippen molar-refractivity contribution in [3.63, 3.8) is 0 Å². The maximum absolute atomic E-state index is 10.9. The minimum Gasteiger partial charge on any atom is -0.368 e. The molecule has 0 fully saturated rings. The molecule has 1 aromatic rings. The van der Waals surface area contributed by atoms with Crippen molar-refractivity contribution in [2.75, 3.05) is 5.32 Å². The Hall–Kier alpha value is -1.65. The number of primary amides is 1. The highest BCUT2D eigenvalue weighted by Crippen LogP contribution is 2.25. The first kappa shape index (κ1) is 9.89. The third kappa shape index (κ3) is 1.91. The number of nitrogens with two attached hydrogens (primary N) is 1. The average molecular weight is 206 g/mol. The number of rotatable bonds is 3. The topological polar surface area (TPSA) is 80.9 Å². The van der Waals surface area contributed by atoms with Gasteiger partial charge in [-0.15, -0.1) is 0 Å². The van der Waals surface area contributed by atoms with Gasteiger partial charge in [0, 0.05) is 11.3 Å². The number of carbonyl (C=O) groups is 1. The van der Waals surface area contributed by atoms with Gasteiger partial charge in [0.15, 0.2) is 0 Å². The fourth-order valence-electron chi connectivity index (χ4n) is 1.76. The quantitative estimate of drug-likeness (QED) is 0.742. The number of carbonyl (C=O) groups excluding carboxylic acids is 1. The molecule has 5 heteroatoms. The minimum atomic E-state index is -0.399. The Bertz CT molecular complexity index is 391. The van der Waals surface area contributed by atoms with E-state index in [9.17, 15) is 4.79 Å². The van der Waals surface area contributed by atoms with E-state index in [1.807, 2.05) is 0 Å².